The van der Waals surface area contributed by atoms with Crippen LogP contribution in [0.25, 0.3) is 10.8 Å². The second kappa shape index (κ2) is 12.6. The van der Waals surface area contributed by atoms with Crippen molar-refractivity contribution in [3.05, 3.63) is 54.4 Å². The highest BCUT2D eigenvalue weighted by Crippen LogP contribution is 2.40. The van der Waals surface area contributed by atoms with Crippen molar-refractivity contribution in [3.8, 4) is 17.2 Å². The molecular formula is C27H36N4O5S. The second-order valence-corrected chi connectivity index (χ2v) is 10.8. The van der Waals surface area contributed by atoms with Crippen LogP contribution in [0.2, 0.25) is 0 Å². The minimum absolute atomic E-state index is 0.301. The largest absolute Gasteiger partial charge is 0.493 e. The summed E-state index contributed by atoms with van der Waals surface area (Å²) < 4.78 is 45.0. The van der Waals surface area contributed by atoms with Crippen molar-refractivity contribution >= 4 is 20.8 Å². The number of hydrogen-bond donors (Lipinski definition) is 1. The molecule has 0 unspecified atom stereocenters. The SMILES string of the molecule is COc1ccc(CN2CCN(CCCCNS(=O)(=O)c3cccc4cnccc34)CC2)c(OC)c1OC. The van der Waals surface area contributed by atoms with E-state index in [2.05, 4.69) is 19.5 Å². The van der Waals surface area contributed by atoms with Gasteiger partial charge in [0.2, 0.25) is 15.8 Å². The van der Waals surface area contributed by atoms with Crippen molar-refractivity contribution in [2.45, 2.75) is 24.3 Å². The lowest BCUT2D eigenvalue weighted by molar-refractivity contribution is 0.125. The van der Waals surface area contributed by atoms with Crippen LogP contribution in [-0.2, 0) is 16.6 Å². The van der Waals surface area contributed by atoms with Crippen LogP contribution in [0.15, 0.2) is 53.7 Å². The van der Waals surface area contributed by atoms with Gasteiger partial charge >= 0.3 is 0 Å². The quantitative estimate of drug-likeness (QED) is 0.359. The van der Waals surface area contributed by atoms with Gasteiger partial charge in [0, 0.05) is 68.0 Å². The molecule has 1 N–H and O–H groups in total. The van der Waals surface area contributed by atoms with E-state index in [-0.39, 0.29) is 0 Å². The van der Waals surface area contributed by atoms with E-state index < -0.39 is 10.0 Å². The molecule has 200 valence electrons. The van der Waals surface area contributed by atoms with E-state index in [4.69, 9.17) is 14.2 Å². The maximum Gasteiger partial charge on any atom is 0.241 e. The van der Waals surface area contributed by atoms with E-state index in [0.717, 1.165) is 63.1 Å². The molecule has 4 rings (SSSR count). The number of methoxy groups -OCH3 is 3. The van der Waals surface area contributed by atoms with Crippen molar-refractivity contribution in [2.24, 2.45) is 0 Å². The fourth-order valence-electron chi connectivity index (χ4n) is 4.77. The number of hydrogen-bond acceptors (Lipinski definition) is 8. The minimum atomic E-state index is -3.57. The summed E-state index contributed by atoms with van der Waals surface area (Å²) in [6.45, 7) is 6.03. The summed E-state index contributed by atoms with van der Waals surface area (Å²) in [6.07, 6.45) is 5.02. The van der Waals surface area contributed by atoms with Gasteiger partial charge in [-0.05, 0) is 37.6 Å². The van der Waals surface area contributed by atoms with Crippen LogP contribution in [0.3, 0.4) is 0 Å². The normalized spacial score (nSPS) is 15.1. The van der Waals surface area contributed by atoms with Gasteiger partial charge in [-0.15, -0.1) is 0 Å². The number of unbranched alkanes of at least 4 members (excludes halogenated alkanes) is 1. The predicted octanol–water partition coefficient (Wildman–Crippen LogP) is 3.14. The molecule has 1 aromatic heterocycles. The molecule has 1 saturated heterocycles. The molecule has 0 saturated carbocycles. The number of aromatic nitrogens is 1. The topological polar surface area (TPSA) is 93.2 Å². The number of sulfonamides is 1. The summed E-state index contributed by atoms with van der Waals surface area (Å²) in [5.41, 5.74) is 1.07. The molecule has 0 bridgehead atoms. The summed E-state index contributed by atoms with van der Waals surface area (Å²) in [7, 11) is 1.32. The lowest BCUT2D eigenvalue weighted by atomic mass is 10.1. The standard InChI is InChI=1S/C27H36N4O5S/c1-34-24-10-9-22(26(35-2)27(24)36-3)20-31-17-15-30(16-18-31)14-5-4-12-29-37(32,33)25-8-6-7-21-19-28-13-11-23(21)25/h6-11,13,19,29H,4-5,12,14-18,20H2,1-3H3. The van der Waals surface area contributed by atoms with E-state index in [0.29, 0.717) is 34.1 Å². The molecule has 0 atom stereocenters. The average molecular weight is 529 g/mol. The molecule has 10 heteroatoms. The maximum absolute atomic E-state index is 12.8. The third-order valence-electron chi connectivity index (χ3n) is 6.77. The van der Waals surface area contributed by atoms with E-state index in [1.165, 1.54) is 0 Å². The van der Waals surface area contributed by atoms with Crippen LogP contribution >= 0.6 is 0 Å². The summed E-state index contributed by atoms with van der Waals surface area (Å²) in [4.78, 5) is 9.23. The first-order valence-corrected chi connectivity index (χ1v) is 14.0. The zero-order valence-electron chi connectivity index (χ0n) is 21.8. The van der Waals surface area contributed by atoms with Crippen LogP contribution in [-0.4, -0.2) is 83.8 Å². The Labute approximate surface area is 219 Å². The van der Waals surface area contributed by atoms with E-state index in [9.17, 15) is 8.42 Å². The molecule has 1 aliphatic rings. The summed E-state index contributed by atoms with van der Waals surface area (Å²) in [6, 6.07) is 10.9. The molecule has 0 amide bonds. The van der Waals surface area contributed by atoms with Gasteiger partial charge in [-0.1, -0.05) is 18.2 Å². The molecular weight excluding hydrogens is 492 g/mol. The third kappa shape index (κ3) is 6.51. The Kier molecular flexibility index (Phi) is 9.20. The van der Waals surface area contributed by atoms with E-state index in [1.807, 2.05) is 18.2 Å². The minimum Gasteiger partial charge on any atom is -0.493 e. The lowest BCUT2D eigenvalue weighted by Gasteiger charge is -2.35. The van der Waals surface area contributed by atoms with E-state index in [1.54, 1.807) is 51.9 Å². The van der Waals surface area contributed by atoms with Gasteiger partial charge in [0.05, 0.1) is 26.2 Å². The van der Waals surface area contributed by atoms with Crippen molar-refractivity contribution < 1.29 is 22.6 Å². The molecule has 2 aromatic carbocycles. The average Bonchev–Trinajstić information content (AvgIpc) is 2.93. The maximum atomic E-state index is 12.8. The number of nitrogens with zero attached hydrogens (tertiary/aromatic N) is 3. The first kappa shape index (κ1) is 27.1. The molecule has 0 spiro atoms. The van der Waals surface area contributed by atoms with Crippen LogP contribution in [0.5, 0.6) is 17.2 Å². The number of fused-ring (bicyclic) bond motifs is 1. The zero-order valence-corrected chi connectivity index (χ0v) is 22.6. The Hall–Kier alpha value is -2.92. The van der Waals surface area contributed by atoms with Gasteiger partial charge in [0.15, 0.2) is 11.5 Å². The van der Waals surface area contributed by atoms with Crippen LogP contribution in [0.1, 0.15) is 18.4 Å². The third-order valence-corrected chi connectivity index (χ3v) is 8.29. The molecule has 0 radical (unpaired) electrons. The molecule has 0 aliphatic carbocycles. The summed E-state index contributed by atoms with van der Waals surface area (Å²) >= 11 is 0. The van der Waals surface area contributed by atoms with Crippen molar-refractivity contribution in [1.82, 2.24) is 19.5 Å². The fraction of sp³-hybridized carbons (Fsp3) is 0.444. The highest BCUT2D eigenvalue weighted by molar-refractivity contribution is 7.89. The number of rotatable bonds is 12. The highest BCUT2D eigenvalue weighted by atomic mass is 32.2. The summed E-state index contributed by atoms with van der Waals surface area (Å²) in [5.74, 6) is 1.99. The smallest absolute Gasteiger partial charge is 0.241 e. The summed E-state index contributed by atoms with van der Waals surface area (Å²) in [5, 5.41) is 1.50. The Morgan fingerprint density at radius 2 is 1.65 bits per heavy atom. The van der Waals surface area contributed by atoms with Gasteiger partial charge in [0.25, 0.3) is 0 Å². The first-order valence-electron chi connectivity index (χ1n) is 12.5. The molecule has 9 nitrogen and oxygen atoms in total. The van der Waals surface area contributed by atoms with Crippen molar-refractivity contribution in [2.75, 3.05) is 60.6 Å². The predicted molar refractivity (Wildman–Crippen MR) is 144 cm³/mol. The molecule has 3 aromatic rings. The molecule has 1 fully saturated rings. The lowest BCUT2D eigenvalue weighted by Crippen LogP contribution is -2.46. The van der Waals surface area contributed by atoms with Gasteiger partial charge < -0.3 is 19.1 Å². The van der Waals surface area contributed by atoms with Crippen LogP contribution in [0.4, 0.5) is 0 Å². The van der Waals surface area contributed by atoms with Gasteiger partial charge in [0.1, 0.15) is 0 Å². The molecule has 2 heterocycles. The number of piperazine rings is 1. The van der Waals surface area contributed by atoms with Gasteiger partial charge in [-0.25, -0.2) is 13.1 Å². The fourth-order valence-corrected chi connectivity index (χ4v) is 6.07. The zero-order chi connectivity index (χ0) is 26.3. The number of benzene rings is 2. The highest BCUT2D eigenvalue weighted by Gasteiger charge is 2.21. The van der Waals surface area contributed by atoms with Crippen molar-refractivity contribution in [3.63, 3.8) is 0 Å². The monoisotopic (exact) mass is 528 g/mol. The van der Waals surface area contributed by atoms with Crippen molar-refractivity contribution in [1.29, 1.82) is 0 Å². The van der Waals surface area contributed by atoms with Gasteiger partial charge in [-0.2, -0.15) is 0 Å². The first-order chi connectivity index (χ1) is 18.0. The molecule has 1 aliphatic heterocycles. The molecule has 37 heavy (non-hydrogen) atoms. The Balaban J connectivity index is 1.21. The number of ether oxygens (including phenoxy) is 3. The van der Waals surface area contributed by atoms with E-state index >= 15 is 0 Å². The Morgan fingerprint density at radius 1 is 0.892 bits per heavy atom. The Morgan fingerprint density at radius 3 is 2.38 bits per heavy atom. The number of pyridine rings is 1. The number of nitrogens with one attached hydrogen (secondary N) is 1. The van der Waals surface area contributed by atoms with Crippen LogP contribution in [0, 0.1) is 0 Å². The van der Waals surface area contributed by atoms with Crippen LogP contribution < -0.4 is 18.9 Å². The second-order valence-electron chi connectivity index (χ2n) is 9.07. The Bertz CT molecular complexity index is 1290. The van der Waals surface area contributed by atoms with Gasteiger partial charge in [-0.3, -0.25) is 9.88 Å².